The Balaban J connectivity index is 1.48. The molecule has 0 fully saturated rings. The van der Waals surface area contributed by atoms with Crippen molar-refractivity contribution in [3.63, 3.8) is 0 Å². The summed E-state index contributed by atoms with van der Waals surface area (Å²) in [4.78, 5) is 6.72. The Bertz CT molecular complexity index is 903. The van der Waals surface area contributed by atoms with Gasteiger partial charge in [-0.1, -0.05) is 5.16 Å². The fourth-order valence-electron chi connectivity index (χ4n) is 3.36. The van der Waals surface area contributed by atoms with Gasteiger partial charge in [0, 0.05) is 32.9 Å². The van der Waals surface area contributed by atoms with Crippen molar-refractivity contribution < 1.29 is 9.63 Å². The summed E-state index contributed by atoms with van der Waals surface area (Å²) >= 11 is 1.67. The van der Waals surface area contributed by atoms with Gasteiger partial charge in [-0.3, -0.25) is 14.3 Å². The van der Waals surface area contributed by atoms with E-state index < -0.39 is 6.10 Å². The highest BCUT2D eigenvalue weighted by molar-refractivity contribution is 7.97. The van der Waals surface area contributed by atoms with Crippen LogP contribution in [0.2, 0.25) is 0 Å². The van der Waals surface area contributed by atoms with Crippen molar-refractivity contribution in [2.75, 3.05) is 12.8 Å². The van der Waals surface area contributed by atoms with Crippen LogP contribution in [0.1, 0.15) is 41.3 Å². The van der Waals surface area contributed by atoms with Gasteiger partial charge in [-0.25, -0.2) is 0 Å². The van der Waals surface area contributed by atoms with E-state index in [0.29, 0.717) is 18.1 Å². The lowest BCUT2D eigenvalue weighted by atomic mass is 10.2. The van der Waals surface area contributed by atoms with Crippen LogP contribution in [0.25, 0.3) is 0 Å². The van der Waals surface area contributed by atoms with Gasteiger partial charge in [0.15, 0.2) is 5.82 Å². The number of nitrogens with zero attached hydrogens (tertiary/aromatic N) is 7. The van der Waals surface area contributed by atoms with Gasteiger partial charge in [0.2, 0.25) is 5.89 Å². The molecule has 9 nitrogen and oxygen atoms in total. The van der Waals surface area contributed by atoms with E-state index >= 15 is 0 Å². The molecule has 4 heterocycles. The number of aliphatic hydroxyl groups excluding tert-OH is 1. The monoisotopic (exact) mass is 389 g/mol. The average Bonchev–Trinajstić information content (AvgIpc) is 3.34. The number of aromatic nitrogens is 6. The predicted molar refractivity (Wildman–Crippen MR) is 99.7 cm³/mol. The molecule has 10 heteroatoms. The minimum atomic E-state index is -0.782. The lowest BCUT2D eigenvalue weighted by Crippen LogP contribution is -2.23. The molecule has 27 heavy (non-hydrogen) atoms. The van der Waals surface area contributed by atoms with Crippen molar-refractivity contribution in [3.05, 3.63) is 47.1 Å². The number of hydrogen-bond acceptors (Lipinski definition) is 8. The van der Waals surface area contributed by atoms with Crippen molar-refractivity contribution in [3.8, 4) is 0 Å². The molecule has 0 aliphatic carbocycles. The number of aliphatic hydroxyl groups is 1. The fraction of sp³-hybridized carbons (Fsp3) is 0.529. The molecular weight excluding hydrogens is 366 g/mol. The van der Waals surface area contributed by atoms with Crippen LogP contribution in [0.4, 0.5) is 0 Å². The maximum absolute atomic E-state index is 10.6. The third-order valence-corrected chi connectivity index (χ3v) is 5.22. The molecule has 1 aliphatic rings. The zero-order chi connectivity index (χ0) is 18.8. The largest absolute Gasteiger partial charge is 0.380 e. The van der Waals surface area contributed by atoms with Crippen LogP contribution in [-0.2, 0) is 32.4 Å². The summed E-state index contributed by atoms with van der Waals surface area (Å²) < 4.78 is 9.02. The Kier molecular flexibility index (Phi) is 5.28. The molecular formula is C17H23N7O2S. The molecule has 4 rings (SSSR count). The Hall–Kier alpha value is -2.17. The van der Waals surface area contributed by atoms with Gasteiger partial charge in [0.1, 0.15) is 6.10 Å². The minimum absolute atomic E-state index is 0.617. The topological polar surface area (TPSA) is 98.0 Å². The average molecular weight is 389 g/mol. The molecule has 0 saturated carbocycles. The minimum Gasteiger partial charge on any atom is -0.380 e. The van der Waals surface area contributed by atoms with Crippen LogP contribution < -0.4 is 0 Å². The number of hydrogen-bond donors (Lipinski definition) is 1. The van der Waals surface area contributed by atoms with Crippen molar-refractivity contribution in [1.29, 1.82) is 0 Å². The van der Waals surface area contributed by atoms with E-state index in [4.69, 9.17) is 4.52 Å². The number of fused-ring (bicyclic) bond motifs is 1. The molecule has 0 radical (unpaired) electrons. The summed E-state index contributed by atoms with van der Waals surface area (Å²) in [5.41, 5.74) is 2.45. The summed E-state index contributed by atoms with van der Waals surface area (Å²) in [5.74, 6) is 2.13. The third kappa shape index (κ3) is 3.92. The summed E-state index contributed by atoms with van der Waals surface area (Å²) in [6.45, 7) is 3.10. The Labute approximate surface area is 161 Å². The zero-order valence-corrected chi connectivity index (χ0v) is 16.3. The van der Waals surface area contributed by atoms with Crippen molar-refractivity contribution in [1.82, 2.24) is 34.6 Å². The molecule has 144 valence electrons. The van der Waals surface area contributed by atoms with E-state index in [0.717, 1.165) is 49.0 Å². The van der Waals surface area contributed by atoms with Gasteiger partial charge in [0.25, 0.3) is 0 Å². The molecule has 0 amide bonds. The summed E-state index contributed by atoms with van der Waals surface area (Å²) in [6.07, 6.45) is 3.89. The quantitative estimate of drug-likeness (QED) is 0.675. The number of rotatable bonds is 6. The second-order valence-corrected chi connectivity index (χ2v) is 7.53. The zero-order valence-electron chi connectivity index (χ0n) is 15.4. The third-order valence-electron chi connectivity index (χ3n) is 4.67. The first-order valence-electron chi connectivity index (χ1n) is 8.89. The normalized spacial score (nSPS) is 16.3. The first-order valence-corrected chi connectivity index (χ1v) is 10.3. The Morgan fingerprint density at radius 1 is 1.37 bits per heavy atom. The first kappa shape index (κ1) is 18.2. The van der Waals surface area contributed by atoms with Crippen LogP contribution in [0.3, 0.4) is 0 Å². The van der Waals surface area contributed by atoms with E-state index in [1.54, 1.807) is 22.6 Å². The second kappa shape index (κ2) is 7.83. The fourth-order valence-corrected chi connectivity index (χ4v) is 3.73. The number of thioether (sulfide) groups is 1. The van der Waals surface area contributed by atoms with E-state index in [1.807, 2.05) is 30.1 Å². The van der Waals surface area contributed by atoms with Crippen LogP contribution in [0.15, 0.2) is 22.9 Å². The first-order chi connectivity index (χ1) is 13.1. The molecule has 1 aliphatic heterocycles. The molecule has 0 unspecified atom stereocenters. The summed E-state index contributed by atoms with van der Waals surface area (Å²) in [7, 11) is 1.82. The van der Waals surface area contributed by atoms with Crippen molar-refractivity contribution >= 4 is 11.8 Å². The maximum Gasteiger partial charge on any atom is 0.240 e. The van der Waals surface area contributed by atoms with Crippen LogP contribution in [0.5, 0.6) is 0 Å². The van der Waals surface area contributed by atoms with Crippen molar-refractivity contribution in [2.45, 2.75) is 37.9 Å². The van der Waals surface area contributed by atoms with E-state index in [-0.39, 0.29) is 0 Å². The highest BCUT2D eigenvalue weighted by Gasteiger charge is 2.23. The Morgan fingerprint density at radius 2 is 2.26 bits per heavy atom. The highest BCUT2D eigenvalue weighted by atomic mass is 32.2. The molecule has 0 bridgehead atoms. The van der Waals surface area contributed by atoms with Gasteiger partial charge in [-0.05, 0) is 24.8 Å². The predicted octanol–water partition coefficient (Wildman–Crippen LogP) is 1.35. The lowest BCUT2D eigenvalue weighted by Gasteiger charge is -2.16. The summed E-state index contributed by atoms with van der Waals surface area (Å²) in [5, 5.41) is 23.4. The van der Waals surface area contributed by atoms with Gasteiger partial charge in [0.05, 0.1) is 29.4 Å². The molecule has 0 aromatic carbocycles. The highest BCUT2D eigenvalue weighted by Crippen LogP contribution is 2.23. The SMILES string of the molecule is CSCc1noc(CN2CCCn3nc([C@@H](O)c4ccnn4C)cc3C2)n1. The molecule has 0 spiro atoms. The van der Waals surface area contributed by atoms with Gasteiger partial charge in [-0.2, -0.15) is 26.9 Å². The smallest absolute Gasteiger partial charge is 0.240 e. The van der Waals surface area contributed by atoms with E-state index in [2.05, 4.69) is 25.2 Å². The maximum atomic E-state index is 10.6. The van der Waals surface area contributed by atoms with Gasteiger partial charge >= 0.3 is 0 Å². The van der Waals surface area contributed by atoms with Gasteiger partial charge in [-0.15, -0.1) is 0 Å². The van der Waals surface area contributed by atoms with Crippen LogP contribution >= 0.6 is 11.8 Å². The standard InChI is InChI=1S/C17H23N7O2S/c1-22-14(4-5-18-22)17(25)13-8-12-9-23(6-3-7-24(12)20-13)10-16-19-15(11-27-2)21-26-16/h4-5,8,17,25H,3,6-7,9-11H2,1-2H3/t17-/m1/s1. The molecule has 3 aromatic rings. The molecule has 3 aromatic heterocycles. The van der Waals surface area contributed by atoms with E-state index in [1.165, 1.54) is 0 Å². The van der Waals surface area contributed by atoms with Crippen molar-refractivity contribution in [2.24, 2.45) is 7.05 Å². The Morgan fingerprint density at radius 3 is 3.04 bits per heavy atom. The lowest BCUT2D eigenvalue weighted by molar-refractivity contribution is 0.203. The molecule has 1 atom stereocenters. The number of aryl methyl sites for hydroxylation is 2. The second-order valence-electron chi connectivity index (χ2n) is 6.67. The van der Waals surface area contributed by atoms with Crippen LogP contribution in [-0.4, -0.2) is 52.5 Å². The van der Waals surface area contributed by atoms with Crippen LogP contribution in [0, 0.1) is 0 Å². The molecule has 0 saturated heterocycles. The van der Waals surface area contributed by atoms with Gasteiger partial charge < -0.3 is 9.63 Å². The molecule has 1 N–H and O–H groups in total. The van der Waals surface area contributed by atoms with E-state index in [9.17, 15) is 5.11 Å². The summed E-state index contributed by atoms with van der Waals surface area (Å²) in [6, 6.07) is 3.78.